The summed E-state index contributed by atoms with van der Waals surface area (Å²) in [4.78, 5) is 16.8. The van der Waals surface area contributed by atoms with Crippen LogP contribution in [-0.4, -0.2) is 29.2 Å². The molecular weight excluding hydrogens is 434 g/mol. The van der Waals surface area contributed by atoms with Crippen LogP contribution in [0.1, 0.15) is 37.9 Å². The average molecular weight is 457 g/mol. The lowest BCUT2D eigenvalue weighted by Crippen LogP contribution is -2.34. The van der Waals surface area contributed by atoms with Gasteiger partial charge in [0.15, 0.2) is 0 Å². The van der Waals surface area contributed by atoms with Crippen molar-refractivity contribution in [3.05, 3.63) is 75.5 Å². The van der Waals surface area contributed by atoms with Gasteiger partial charge in [0.2, 0.25) is 0 Å². The number of aliphatic imine (C=N–C) groups is 1. The van der Waals surface area contributed by atoms with Gasteiger partial charge >= 0.3 is 6.09 Å². The Morgan fingerprint density at radius 1 is 1.24 bits per heavy atom. The number of alkyl carbamates (subject to hydrolysis) is 1. The fourth-order valence-electron chi connectivity index (χ4n) is 2.95. The van der Waals surface area contributed by atoms with Crippen molar-refractivity contribution in [3.8, 4) is 0 Å². The number of amides is 1. The Bertz CT molecular complexity index is 1020. The summed E-state index contributed by atoms with van der Waals surface area (Å²) >= 11 is 3.43. The van der Waals surface area contributed by atoms with Gasteiger partial charge in [-0.2, -0.15) is 0 Å². The van der Waals surface area contributed by atoms with Crippen molar-refractivity contribution >= 4 is 39.1 Å². The van der Waals surface area contributed by atoms with Gasteiger partial charge in [-0.15, -0.1) is 0 Å². The van der Waals surface area contributed by atoms with Crippen LogP contribution in [0.2, 0.25) is 0 Å². The number of nitrogens with one attached hydrogen (secondary N) is 1. The highest BCUT2D eigenvalue weighted by Crippen LogP contribution is 2.32. The topological polar surface area (TPSA) is 78.7 Å². The number of benzene rings is 2. The average Bonchev–Trinajstić information content (AvgIpc) is 2.99. The Labute approximate surface area is 178 Å². The van der Waals surface area contributed by atoms with Gasteiger partial charge in [0.1, 0.15) is 5.60 Å². The maximum atomic E-state index is 12.4. The number of carbonyl (C=O) groups excluding carboxylic acids is 1. The van der Waals surface area contributed by atoms with E-state index in [1.54, 1.807) is 27.0 Å². The SMILES string of the molecule is CC(C)(C)OC(=O)NCC(N=Cc1ccccc1)c1cn([O-])c2c(Br)cccc12. The highest BCUT2D eigenvalue weighted by atomic mass is 79.9. The molecule has 0 spiro atoms. The van der Waals surface area contributed by atoms with Crippen LogP contribution in [-0.2, 0) is 4.74 Å². The van der Waals surface area contributed by atoms with E-state index in [4.69, 9.17) is 4.74 Å². The monoisotopic (exact) mass is 456 g/mol. The molecule has 1 N–H and O–H groups in total. The predicted octanol–water partition coefficient (Wildman–Crippen LogP) is 5.43. The van der Waals surface area contributed by atoms with Crippen molar-refractivity contribution in [3.63, 3.8) is 0 Å². The van der Waals surface area contributed by atoms with Gasteiger partial charge in [0, 0.05) is 34.4 Å². The van der Waals surface area contributed by atoms with Gasteiger partial charge in [-0.1, -0.05) is 42.5 Å². The van der Waals surface area contributed by atoms with Crippen LogP contribution in [0.15, 0.2) is 64.2 Å². The van der Waals surface area contributed by atoms with Crippen LogP contribution in [0.4, 0.5) is 4.79 Å². The van der Waals surface area contributed by atoms with Crippen molar-refractivity contribution in [2.24, 2.45) is 4.99 Å². The molecule has 3 rings (SSSR count). The number of ether oxygens (including phenoxy) is 1. The third-order valence-corrected chi connectivity index (χ3v) is 4.82. The molecule has 0 fully saturated rings. The van der Waals surface area contributed by atoms with Crippen LogP contribution >= 0.6 is 15.9 Å². The smallest absolute Gasteiger partial charge is 0.407 e. The van der Waals surface area contributed by atoms with Crippen molar-refractivity contribution in [2.75, 3.05) is 6.54 Å². The maximum absolute atomic E-state index is 12.4. The Hall–Kier alpha value is -2.80. The molecule has 152 valence electrons. The number of rotatable bonds is 5. The molecule has 0 aliphatic heterocycles. The summed E-state index contributed by atoms with van der Waals surface area (Å²) in [5.74, 6) is 0. The molecule has 1 heterocycles. The third-order valence-electron chi connectivity index (χ3n) is 4.18. The minimum absolute atomic E-state index is 0.198. The zero-order valence-electron chi connectivity index (χ0n) is 16.6. The number of para-hydroxylation sites is 1. The number of carbonyl (C=O) groups is 1. The second kappa shape index (κ2) is 8.69. The summed E-state index contributed by atoms with van der Waals surface area (Å²) in [6.07, 6.45) is 2.73. The fraction of sp³-hybridized carbons (Fsp3) is 0.273. The number of halogens is 1. The van der Waals surface area contributed by atoms with Gasteiger partial charge in [0.05, 0.1) is 11.6 Å². The molecule has 0 aliphatic rings. The first-order chi connectivity index (χ1) is 13.7. The molecule has 6 nitrogen and oxygen atoms in total. The lowest BCUT2D eigenvalue weighted by atomic mass is 10.1. The van der Waals surface area contributed by atoms with E-state index in [0.717, 1.165) is 21.2 Å². The summed E-state index contributed by atoms with van der Waals surface area (Å²) in [5, 5.41) is 16.0. The second-order valence-corrected chi connectivity index (χ2v) is 8.49. The lowest BCUT2D eigenvalue weighted by Gasteiger charge is -2.21. The van der Waals surface area contributed by atoms with E-state index in [1.165, 1.54) is 6.20 Å². The quantitative estimate of drug-likeness (QED) is 0.519. The molecule has 3 aromatic rings. The molecular formula is C22H23BrN3O3-. The van der Waals surface area contributed by atoms with Crippen LogP contribution in [0, 0.1) is 5.21 Å². The number of nitrogens with zero attached hydrogens (tertiary/aromatic N) is 2. The van der Waals surface area contributed by atoms with Crippen LogP contribution < -0.4 is 5.32 Å². The number of hydrogen-bond acceptors (Lipinski definition) is 4. The molecule has 0 aliphatic carbocycles. The Balaban J connectivity index is 1.92. The van der Waals surface area contributed by atoms with E-state index in [1.807, 2.05) is 48.5 Å². The first kappa shape index (κ1) is 20.9. The van der Waals surface area contributed by atoms with E-state index in [2.05, 4.69) is 26.2 Å². The minimum Gasteiger partial charge on any atom is -0.806 e. The Morgan fingerprint density at radius 2 is 1.97 bits per heavy atom. The normalized spacial score (nSPS) is 13.0. The summed E-state index contributed by atoms with van der Waals surface area (Å²) in [6.45, 7) is 5.62. The molecule has 1 atom stereocenters. The highest BCUT2D eigenvalue weighted by Gasteiger charge is 2.20. The van der Waals surface area contributed by atoms with E-state index >= 15 is 0 Å². The summed E-state index contributed by atoms with van der Waals surface area (Å²) in [6, 6.07) is 14.8. The maximum Gasteiger partial charge on any atom is 0.407 e. The van der Waals surface area contributed by atoms with Crippen molar-refractivity contribution in [1.29, 1.82) is 0 Å². The van der Waals surface area contributed by atoms with Crippen LogP contribution in [0.25, 0.3) is 10.9 Å². The van der Waals surface area contributed by atoms with Gasteiger partial charge in [-0.05, 0) is 48.3 Å². The predicted molar refractivity (Wildman–Crippen MR) is 119 cm³/mol. The van der Waals surface area contributed by atoms with Gasteiger partial charge in [0.25, 0.3) is 0 Å². The molecule has 0 saturated heterocycles. The first-order valence-corrected chi connectivity index (χ1v) is 10.1. The largest absolute Gasteiger partial charge is 0.806 e. The molecule has 29 heavy (non-hydrogen) atoms. The highest BCUT2D eigenvalue weighted by molar-refractivity contribution is 9.10. The Morgan fingerprint density at radius 3 is 2.66 bits per heavy atom. The summed E-state index contributed by atoms with van der Waals surface area (Å²) < 4.78 is 6.86. The third kappa shape index (κ3) is 5.38. The lowest BCUT2D eigenvalue weighted by molar-refractivity contribution is 0.0525. The standard InChI is InChI=1S/C22H23BrN3O3/c1-22(2,3)29-21(27)25-13-19(24-12-15-8-5-4-6-9-15)17-14-26(28)20-16(17)10-7-11-18(20)23/h4-12,14,19H,13H2,1-3H3,(H,25,27)/q-1. The molecule has 0 saturated carbocycles. The zero-order valence-corrected chi connectivity index (χ0v) is 18.1. The first-order valence-electron chi connectivity index (χ1n) is 9.26. The van der Waals surface area contributed by atoms with Crippen LogP contribution in [0.5, 0.6) is 0 Å². The Kier molecular flexibility index (Phi) is 6.27. The van der Waals surface area contributed by atoms with Crippen molar-refractivity contribution < 1.29 is 9.53 Å². The second-order valence-electron chi connectivity index (χ2n) is 7.63. The fourth-order valence-corrected chi connectivity index (χ4v) is 3.49. The van der Waals surface area contributed by atoms with E-state index in [0.29, 0.717) is 9.99 Å². The van der Waals surface area contributed by atoms with E-state index < -0.39 is 17.7 Å². The van der Waals surface area contributed by atoms with Crippen LogP contribution in [0.3, 0.4) is 0 Å². The van der Waals surface area contributed by atoms with E-state index in [9.17, 15) is 10.0 Å². The molecule has 1 aromatic heterocycles. The number of hydrogen-bond donors (Lipinski definition) is 1. The molecule has 0 bridgehead atoms. The van der Waals surface area contributed by atoms with E-state index in [-0.39, 0.29) is 6.54 Å². The number of aromatic nitrogens is 1. The summed E-state index contributed by atoms with van der Waals surface area (Å²) in [7, 11) is 0. The van der Waals surface area contributed by atoms with Crippen molar-refractivity contribution in [1.82, 2.24) is 10.0 Å². The van der Waals surface area contributed by atoms with Crippen molar-refractivity contribution in [2.45, 2.75) is 32.4 Å². The zero-order chi connectivity index (χ0) is 21.0. The molecule has 0 radical (unpaired) electrons. The van der Waals surface area contributed by atoms with Gasteiger partial charge < -0.3 is 20.0 Å². The van der Waals surface area contributed by atoms with Gasteiger partial charge in [-0.3, -0.25) is 4.99 Å². The van der Waals surface area contributed by atoms with Gasteiger partial charge in [-0.25, -0.2) is 4.79 Å². The molecule has 1 unspecified atom stereocenters. The molecule has 1 amide bonds. The molecule has 2 aromatic carbocycles. The number of fused-ring (bicyclic) bond motifs is 1. The minimum atomic E-state index is -0.594. The summed E-state index contributed by atoms with van der Waals surface area (Å²) in [5.41, 5.74) is 1.61. The molecule has 7 heteroatoms.